The van der Waals surface area contributed by atoms with Crippen LogP contribution in [-0.2, 0) is 10.8 Å². The molecule has 1 aromatic rings. The molecule has 0 amide bonds. The monoisotopic (exact) mass is 507 g/mol. The Kier molecular flexibility index (Phi) is 4.83. The Morgan fingerprint density at radius 3 is 2.14 bits per heavy atom. The molecule has 0 aliphatic heterocycles. The van der Waals surface area contributed by atoms with E-state index in [4.69, 9.17) is 0 Å². The van der Waals surface area contributed by atoms with Crippen LogP contribution < -0.4 is 21.2 Å². The molecule has 2 bridgehead atoms. The van der Waals surface area contributed by atoms with Crippen LogP contribution in [-0.4, -0.2) is 8.35 Å². The second-order valence-corrected chi connectivity index (χ2v) is 11.8. The van der Waals surface area contributed by atoms with Gasteiger partial charge in [0.25, 0.3) is 0 Å². The van der Waals surface area contributed by atoms with Gasteiger partial charge in [-0.05, 0) is 0 Å². The predicted molar refractivity (Wildman–Crippen MR) is 93.6 cm³/mol. The zero-order chi connectivity index (χ0) is 14.2. The Morgan fingerprint density at radius 1 is 0.905 bits per heavy atom. The van der Waals surface area contributed by atoms with E-state index in [1.54, 1.807) is 37.7 Å². The molecule has 3 aliphatic carbocycles. The third-order valence-electron chi connectivity index (χ3n) is 6.22. The van der Waals surface area contributed by atoms with Crippen molar-refractivity contribution in [3.05, 3.63) is 35.4 Å². The average Bonchev–Trinajstić information content (AvgIpc) is 3.20. The fourth-order valence-electron chi connectivity index (χ4n) is 5.19. The fourth-order valence-corrected chi connectivity index (χ4v) is 9.41. The van der Waals surface area contributed by atoms with E-state index in [9.17, 15) is 0 Å². The molecule has 4 rings (SSSR count). The Morgan fingerprint density at radius 2 is 1.52 bits per heavy atom. The van der Waals surface area contributed by atoms with Gasteiger partial charge in [0, 0.05) is 0 Å². The number of alkyl halides is 3. The number of hydrogen-bond acceptors (Lipinski definition) is 0. The van der Waals surface area contributed by atoms with E-state index in [-0.39, 0.29) is 0 Å². The second kappa shape index (κ2) is 6.66. The Hall–Kier alpha value is 0.680. The van der Waals surface area contributed by atoms with Gasteiger partial charge in [0.05, 0.1) is 0 Å². The standard InChI is InChI=1S/C19H25I2/c20-12-14-3-1-13(2-4-14)7-8-21-17-10-18-15-5-6-16(9-15)19(18)11-17/h1-4,15-19H,5-12H2/q-1. The molecule has 0 N–H and O–H groups in total. The van der Waals surface area contributed by atoms with Crippen molar-refractivity contribution in [3.63, 3.8) is 0 Å². The summed E-state index contributed by atoms with van der Waals surface area (Å²) in [6.45, 7) is 0. The van der Waals surface area contributed by atoms with E-state index >= 15 is 0 Å². The summed E-state index contributed by atoms with van der Waals surface area (Å²) in [5.41, 5.74) is 3.04. The first kappa shape index (κ1) is 15.2. The summed E-state index contributed by atoms with van der Waals surface area (Å²) in [5.74, 6) is 4.68. The summed E-state index contributed by atoms with van der Waals surface area (Å²) >= 11 is 2.89. The Bertz CT molecular complexity index is 463. The van der Waals surface area contributed by atoms with Gasteiger partial charge in [-0.2, -0.15) is 0 Å². The molecule has 2 heteroatoms. The minimum atomic E-state index is 0.445. The van der Waals surface area contributed by atoms with E-state index in [2.05, 4.69) is 46.9 Å². The van der Waals surface area contributed by atoms with E-state index < -0.39 is 0 Å². The SMILES string of the molecule is ICc1ccc(CC[I-]C2CC3C4CCC(C4)C3C2)cc1. The van der Waals surface area contributed by atoms with Gasteiger partial charge in [-0.15, -0.1) is 0 Å². The predicted octanol–water partition coefficient (Wildman–Crippen LogP) is 2.08. The van der Waals surface area contributed by atoms with Crippen molar-refractivity contribution >= 4 is 22.6 Å². The van der Waals surface area contributed by atoms with Crippen LogP contribution in [0.15, 0.2) is 24.3 Å². The molecule has 116 valence electrons. The van der Waals surface area contributed by atoms with Crippen molar-refractivity contribution in [2.24, 2.45) is 23.7 Å². The molecular weight excluding hydrogens is 482 g/mol. The molecular formula is C19H25I2-. The summed E-state index contributed by atoms with van der Waals surface area (Å²) in [4.78, 5) is 0. The fraction of sp³-hybridized carbons (Fsp3) is 0.684. The Labute approximate surface area is 153 Å². The van der Waals surface area contributed by atoms with Crippen molar-refractivity contribution in [3.8, 4) is 0 Å². The topological polar surface area (TPSA) is 0 Å². The van der Waals surface area contributed by atoms with Crippen LogP contribution in [0.25, 0.3) is 0 Å². The molecule has 1 aromatic carbocycles. The third-order valence-corrected chi connectivity index (χ3v) is 10.5. The molecule has 4 atom stereocenters. The summed E-state index contributed by atoms with van der Waals surface area (Å²) in [6.07, 6.45) is 9.39. The van der Waals surface area contributed by atoms with Crippen molar-refractivity contribution in [1.29, 1.82) is 0 Å². The molecule has 3 aliphatic rings. The number of rotatable bonds is 5. The third kappa shape index (κ3) is 3.17. The summed E-state index contributed by atoms with van der Waals surface area (Å²) in [6, 6.07) is 9.36. The minimum absolute atomic E-state index is 0.445. The van der Waals surface area contributed by atoms with Crippen molar-refractivity contribution in [2.75, 3.05) is 4.43 Å². The van der Waals surface area contributed by atoms with Gasteiger partial charge < -0.3 is 0 Å². The molecule has 0 aromatic heterocycles. The van der Waals surface area contributed by atoms with Crippen LogP contribution in [0.4, 0.5) is 0 Å². The normalized spacial score (nSPS) is 37.3. The van der Waals surface area contributed by atoms with Crippen LogP contribution >= 0.6 is 22.6 Å². The van der Waals surface area contributed by atoms with Gasteiger partial charge in [-0.3, -0.25) is 0 Å². The first-order valence-corrected chi connectivity index (χ1v) is 12.8. The summed E-state index contributed by atoms with van der Waals surface area (Å²) in [5, 5.41) is 0. The quantitative estimate of drug-likeness (QED) is 0.423. The van der Waals surface area contributed by atoms with E-state index in [1.165, 1.54) is 32.2 Å². The molecule has 3 saturated carbocycles. The summed E-state index contributed by atoms with van der Waals surface area (Å²) < 4.78 is 3.83. The van der Waals surface area contributed by atoms with Gasteiger partial charge in [0.2, 0.25) is 0 Å². The first-order valence-electron chi connectivity index (χ1n) is 8.55. The van der Waals surface area contributed by atoms with Crippen LogP contribution in [0, 0.1) is 23.7 Å². The number of hydrogen-bond donors (Lipinski definition) is 0. The van der Waals surface area contributed by atoms with Gasteiger partial charge in [-0.25, -0.2) is 0 Å². The number of aryl methyl sites for hydroxylation is 1. The van der Waals surface area contributed by atoms with E-state index in [0.29, 0.717) is 21.2 Å². The number of halogens is 2. The van der Waals surface area contributed by atoms with Gasteiger partial charge in [-0.1, -0.05) is 0 Å². The molecule has 3 fully saturated rings. The molecule has 0 heterocycles. The first-order chi connectivity index (χ1) is 10.3. The van der Waals surface area contributed by atoms with Gasteiger partial charge in [0.15, 0.2) is 0 Å². The van der Waals surface area contributed by atoms with Gasteiger partial charge >= 0.3 is 154 Å². The van der Waals surface area contributed by atoms with Crippen molar-refractivity contribution < 1.29 is 21.2 Å². The van der Waals surface area contributed by atoms with E-state index in [1.807, 2.05) is 0 Å². The molecule has 0 spiro atoms. The van der Waals surface area contributed by atoms with Crippen LogP contribution in [0.1, 0.15) is 43.2 Å². The molecule has 0 radical (unpaired) electrons. The molecule has 21 heavy (non-hydrogen) atoms. The summed E-state index contributed by atoms with van der Waals surface area (Å²) in [7, 11) is 0. The second-order valence-electron chi connectivity index (χ2n) is 7.27. The molecule has 4 unspecified atom stereocenters. The number of benzene rings is 1. The Balaban J connectivity index is 1.25. The maximum atomic E-state index is 2.45. The molecule has 0 nitrogen and oxygen atoms in total. The van der Waals surface area contributed by atoms with Gasteiger partial charge in [0.1, 0.15) is 0 Å². The van der Waals surface area contributed by atoms with Crippen LogP contribution in [0.3, 0.4) is 0 Å². The zero-order valence-electron chi connectivity index (χ0n) is 12.6. The number of fused-ring (bicyclic) bond motifs is 5. The van der Waals surface area contributed by atoms with E-state index in [0.717, 1.165) is 16.3 Å². The zero-order valence-corrected chi connectivity index (χ0v) is 16.9. The van der Waals surface area contributed by atoms with Crippen molar-refractivity contribution in [2.45, 2.75) is 46.9 Å². The van der Waals surface area contributed by atoms with Crippen molar-refractivity contribution in [1.82, 2.24) is 0 Å². The average molecular weight is 507 g/mol. The van der Waals surface area contributed by atoms with Crippen LogP contribution in [0.5, 0.6) is 0 Å². The molecule has 0 saturated heterocycles. The maximum absolute atomic E-state index is 2.45. The van der Waals surface area contributed by atoms with Crippen LogP contribution in [0.2, 0.25) is 0 Å².